The molecule has 0 unspecified atom stereocenters. The third kappa shape index (κ3) is 15.7. The molecule has 32 heavy (non-hydrogen) atoms. The molecule has 0 aromatic heterocycles. The summed E-state index contributed by atoms with van der Waals surface area (Å²) in [5.41, 5.74) is 7.24. The quantitative estimate of drug-likeness (QED) is 0.110. The average Bonchev–Trinajstić information content (AvgIpc) is 2.71. The molecule has 0 aromatic rings. The van der Waals surface area contributed by atoms with E-state index in [-0.39, 0.29) is 5.97 Å². The van der Waals surface area contributed by atoms with Gasteiger partial charge in [0.25, 0.3) is 0 Å². The minimum atomic E-state index is -0.187. The molecule has 0 aliphatic heterocycles. The number of esters is 1. The van der Waals surface area contributed by atoms with E-state index in [0.29, 0.717) is 13.0 Å². The van der Waals surface area contributed by atoms with E-state index in [1.165, 1.54) is 22.3 Å². The molecular weight excluding hydrogens is 392 g/mol. The molecular formula is C30H48O2. The van der Waals surface area contributed by atoms with E-state index in [9.17, 15) is 4.79 Å². The van der Waals surface area contributed by atoms with Gasteiger partial charge in [0, 0.05) is 5.57 Å². The maximum absolute atomic E-state index is 12.8. The minimum Gasteiger partial charge on any atom is -0.463 e. The summed E-state index contributed by atoms with van der Waals surface area (Å²) >= 11 is 0. The highest BCUT2D eigenvalue weighted by molar-refractivity contribution is 5.90. The van der Waals surface area contributed by atoms with Crippen molar-refractivity contribution in [3.8, 4) is 0 Å². The van der Waals surface area contributed by atoms with Crippen LogP contribution < -0.4 is 0 Å². The fourth-order valence-corrected chi connectivity index (χ4v) is 3.19. The van der Waals surface area contributed by atoms with Crippen LogP contribution in [0.25, 0.3) is 0 Å². The summed E-state index contributed by atoms with van der Waals surface area (Å²) in [5, 5.41) is 0. The van der Waals surface area contributed by atoms with Crippen molar-refractivity contribution in [2.75, 3.05) is 6.61 Å². The van der Waals surface area contributed by atoms with Crippen LogP contribution in [0.4, 0.5) is 0 Å². The SMILES string of the molecule is CCCC=CC(CC=C(C)CCC=C(C)C)=C(CC=C(C)CCC=C(C)C)C(=O)OCC. The van der Waals surface area contributed by atoms with Gasteiger partial charge in [0.1, 0.15) is 0 Å². The largest absolute Gasteiger partial charge is 0.463 e. The number of rotatable bonds is 15. The second-order valence-electron chi connectivity index (χ2n) is 9.06. The molecule has 0 spiro atoms. The predicted molar refractivity (Wildman–Crippen MR) is 142 cm³/mol. The van der Waals surface area contributed by atoms with Gasteiger partial charge in [0.2, 0.25) is 0 Å². The molecule has 0 rings (SSSR count). The third-order valence-corrected chi connectivity index (χ3v) is 5.19. The summed E-state index contributed by atoms with van der Waals surface area (Å²) in [6, 6.07) is 0. The average molecular weight is 441 g/mol. The number of hydrogen-bond acceptors (Lipinski definition) is 2. The van der Waals surface area contributed by atoms with Crippen LogP contribution in [0.2, 0.25) is 0 Å². The minimum absolute atomic E-state index is 0.187. The zero-order chi connectivity index (χ0) is 24.4. The lowest BCUT2D eigenvalue weighted by Crippen LogP contribution is -2.10. The van der Waals surface area contributed by atoms with Crippen LogP contribution in [0.1, 0.15) is 107 Å². The van der Waals surface area contributed by atoms with E-state index >= 15 is 0 Å². The van der Waals surface area contributed by atoms with Crippen LogP contribution in [0.15, 0.2) is 69.9 Å². The van der Waals surface area contributed by atoms with E-state index in [1.54, 1.807) is 0 Å². The van der Waals surface area contributed by atoms with Crippen LogP contribution in [0.3, 0.4) is 0 Å². The van der Waals surface area contributed by atoms with E-state index in [1.807, 2.05) is 6.92 Å². The van der Waals surface area contributed by atoms with Crippen molar-refractivity contribution in [1.82, 2.24) is 0 Å². The molecule has 0 radical (unpaired) electrons. The number of carbonyl (C=O) groups excluding carboxylic acids is 1. The normalized spacial score (nSPS) is 13.1. The van der Waals surface area contributed by atoms with Gasteiger partial charge < -0.3 is 4.74 Å². The number of allylic oxidation sites excluding steroid dienone is 11. The molecule has 0 amide bonds. The van der Waals surface area contributed by atoms with Crippen molar-refractivity contribution >= 4 is 5.97 Å². The summed E-state index contributed by atoms with van der Waals surface area (Å²) in [6.07, 6.45) is 21.0. The van der Waals surface area contributed by atoms with Crippen molar-refractivity contribution in [2.45, 2.75) is 107 Å². The Balaban J connectivity index is 5.75. The van der Waals surface area contributed by atoms with E-state index < -0.39 is 0 Å². The summed E-state index contributed by atoms with van der Waals surface area (Å²) in [4.78, 5) is 12.8. The Kier molecular flexibility index (Phi) is 17.3. The van der Waals surface area contributed by atoms with Gasteiger partial charge in [0.05, 0.1) is 6.61 Å². The first-order chi connectivity index (χ1) is 15.2. The van der Waals surface area contributed by atoms with Gasteiger partial charge in [-0.3, -0.25) is 0 Å². The lowest BCUT2D eigenvalue weighted by molar-refractivity contribution is -0.138. The summed E-state index contributed by atoms with van der Waals surface area (Å²) < 4.78 is 5.44. The highest BCUT2D eigenvalue weighted by Crippen LogP contribution is 2.21. The van der Waals surface area contributed by atoms with Gasteiger partial charge in [-0.2, -0.15) is 0 Å². The topological polar surface area (TPSA) is 26.3 Å². The van der Waals surface area contributed by atoms with Crippen molar-refractivity contribution in [1.29, 1.82) is 0 Å². The lowest BCUT2D eigenvalue weighted by Gasteiger charge is -2.11. The lowest BCUT2D eigenvalue weighted by atomic mass is 9.97. The van der Waals surface area contributed by atoms with Gasteiger partial charge >= 0.3 is 5.97 Å². The zero-order valence-corrected chi connectivity index (χ0v) is 22.1. The zero-order valence-electron chi connectivity index (χ0n) is 22.1. The van der Waals surface area contributed by atoms with Crippen molar-refractivity contribution < 1.29 is 9.53 Å². The Morgan fingerprint density at radius 3 is 1.72 bits per heavy atom. The van der Waals surface area contributed by atoms with Crippen molar-refractivity contribution in [2.24, 2.45) is 0 Å². The molecule has 0 bridgehead atoms. The highest BCUT2D eigenvalue weighted by atomic mass is 16.5. The smallest absolute Gasteiger partial charge is 0.334 e. The number of ether oxygens (including phenoxy) is 1. The first kappa shape index (κ1) is 29.9. The first-order valence-electron chi connectivity index (χ1n) is 12.3. The Morgan fingerprint density at radius 1 is 0.719 bits per heavy atom. The van der Waals surface area contributed by atoms with Crippen molar-refractivity contribution in [3.63, 3.8) is 0 Å². The Bertz CT molecular complexity index is 731. The fraction of sp³-hybridized carbons (Fsp3) is 0.567. The van der Waals surface area contributed by atoms with Gasteiger partial charge in [-0.15, -0.1) is 0 Å². The molecule has 0 N–H and O–H groups in total. The number of carbonyl (C=O) groups is 1. The maximum atomic E-state index is 12.8. The van der Waals surface area contributed by atoms with E-state index in [0.717, 1.165) is 56.1 Å². The third-order valence-electron chi connectivity index (χ3n) is 5.19. The molecule has 0 aliphatic rings. The molecule has 2 heteroatoms. The number of hydrogen-bond donors (Lipinski definition) is 0. The second-order valence-corrected chi connectivity index (χ2v) is 9.06. The summed E-state index contributed by atoms with van der Waals surface area (Å²) in [7, 11) is 0. The van der Waals surface area contributed by atoms with Crippen LogP contribution in [0, 0.1) is 0 Å². The Morgan fingerprint density at radius 2 is 1.25 bits per heavy atom. The monoisotopic (exact) mass is 440 g/mol. The molecule has 0 saturated carbocycles. The van der Waals surface area contributed by atoms with Crippen LogP contribution in [0.5, 0.6) is 0 Å². The van der Waals surface area contributed by atoms with Crippen LogP contribution in [-0.4, -0.2) is 12.6 Å². The van der Waals surface area contributed by atoms with Gasteiger partial charge in [-0.25, -0.2) is 4.79 Å². The molecule has 180 valence electrons. The standard InChI is InChI=1S/C30H48O2/c1-9-11-12-19-28(22-20-26(7)17-13-15-24(3)4)29(30(31)32-10-2)23-21-27(8)18-14-16-25(5)6/h12,15-16,19-21H,9-11,13-14,17-18,22-23H2,1-8H3. The Hall–Kier alpha value is -2.09. The maximum Gasteiger partial charge on any atom is 0.334 e. The van der Waals surface area contributed by atoms with Gasteiger partial charge in [-0.05, 0) is 99.0 Å². The van der Waals surface area contributed by atoms with Crippen LogP contribution >= 0.6 is 0 Å². The van der Waals surface area contributed by atoms with E-state index in [4.69, 9.17) is 4.74 Å². The second kappa shape index (κ2) is 18.5. The predicted octanol–water partition coefficient (Wildman–Crippen LogP) is 9.37. The summed E-state index contributed by atoms with van der Waals surface area (Å²) in [5.74, 6) is -0.187. The fourth-order valence-electron chi connectivity index (χ4n) is 3.19. The molecule has 0 fully saturated rings. The summed E-state index contributed by atoms with van der Waals surface area (Å²) in [6.45, 7) is 17.3. The highest BCUT2D eigenvalue weighted by Gasteiger charge is 2.14. The van der Waals surface area contributed by atoms with Gasteiger partial charge in [-0.1, -0.05) is 72.1 Å². The molecule has 0 aromatic carbocycles. The van der Waals surface area contributed by atoms with Crippen molar-refractivity contribution in [3.05, 3.63) is 69.9 Å². The molecule has 2 nitrogen and oxygen atoms in total. The first-order valence-corrected chi connectivity index (χ1v) is 12.3. The van der Waals surface area contributed by atoms with Gasteiger partial charge in [0.15, 0.2) is 0 Å². The molecule has 0 aliphatic carbocycles. The molecule has 0 atom stereocenters. The van der Waals surface area contributed by atoms with E-state index in [2.05, 4.69) is 84.9 Å². The molecule has 0 heterocycles. The van der Waals surface area contributed by atoms with Crippen LogP contribution in [-0.2, 0) is 9.53 Å². The Labute approximate surface area is 198 Å². The molecule has 0 saturated heterocycles. The number of unbranched alkanes of at least 4 members (excludes halogenated alkanes) is 1.